The summed E-state index contributed by atoms with van der Waals surface area (Å²) in [5.41, 5.74) is 6.65. The molecule has 1 unspecified atom stereocenters. The zero-order chi connectivity index (χ0) is 27.5. The molecule has 0 radical (unpaired) electrons. The van der Waals surface area contributed by atoms with Gasteiger partial charge in [-0.2, -0.15) is 9.97 Å². The zero-order valence-corrected chi connectivity index (χ0v) is 23.5. The van der Waals surface area contributed by atoms with Crippen molar-refractivity contribution in [1.82, 2.24) is 24.6 Å². The molecule has 2 aromatic heterocycles. The first-order valence-electron chi connectivity index (χ1n) is 12.1. The summed E-state index contributed by atoms with van der Waals surface area (Å²) in [5.74, 6) is -0.529. The lowest BCUT2D eigenvalue weighted by molar-refractivity contribution is -0.148. The Morgan fingerprint density at radius 1 is 1.41 bits per heavy atom. The maximum absolute atomic E-state index is 12.8. The van der Waals surface area contributed by atoms with E-state index in [1.807, 2.05) is 20.8 Å². The number of halogens is 1. The molecule has 4 N–H and O–H groups in total. The van der Waals surface area contributed by atoms with Crippen LogP contribution in [0.5, 0.6) is 5.88 Å². The van der Waals surface area contributed by atoms with Crippen LogP contribution in [0.4, 0.5) is 5.95 Å². The Hall–Kier alpha value is -2.02. The van der Waals surface area contributed by atoms with Crippen molar-refractivity contribution in [3.8, 4) is 5.88 Å². The number of ether oxygens (including phenoxy) is 3. The van der Waals surface area contributed by atoms with Gasteiger partial charge < -0.3 is 24.8 Å². The van der Waals surface area contributed by atoms with E-state index >= 15 is 0 Å². The molecule has 3 rings (SSSR count). The highest BCUT2D eigenvalue weighted by Gasteiger charge is 2.46. The molecule has 0 saturated carbocycles. The van der Waals surface area contributed by atoms with Crippen molar-refractivity contribution in [3.63, 3.8) is 0 Å². The molecule has 0 bridgehead atoms. The first kappa shape index (κ1) is 29.5. The van der Waals surface area contributed by atoms with E-state index in [2.05, 4.69) is 20.0 Å². The van der Waals surface area contributed by atoms with Crippen molar-refractivity contribution in [3.05, 3.63) is 6.33 Å². The van der Waals surface area contributed by atoms with Gasteiger partial charge in [0, 0.05) is 0 Å². The fourth-order valence-electron chi connectivity index (χ4n) is 3.84. The standard InChI is InChI=1S/C22H36ClN6O7P/c1-7-33-18-16-17(26-21(24)27-18)29(11-25-16)20-22(6,23)8-14(36-20)9-35-37(31,32)28-15(12(2)3)10-34-19(30)13(4)5/h11-15,20H,7-10H2,1-6H3,(H2,24,26,27)(H2,28,31,32)/t14-,15+,20+,22+/m0/s1. The predicted octanol–water partition coefficient (Wildman–Crippen LogP) is 3.02. The molecule has 1 aliphatic rings. The van der Waals surface area contributed by atoms with Crippen molar-refractivity contribution in [2.75, 3.05) is 25.6 Å². The number of nitrogen functional groups attached to an aromatic ring is 1. The number of carbonyl (C=O) groups excluding carboxylic acids is 1. The van der Waals surface area contributed by atoms with Crippen LogP contribution in [0.3, 0.4) is 0 Å². The highest BCUT2D eigenvalue weighted by molar-refractivity contribution is 7.50. The van der Waals surface area contributed by atoms with Crippen LogP contribution >= 0.6 is 19.3 Å². The topological polar surface area (TPSA) is 173 Å². The molecule has 2 aromatic rings. The van der Waals surface area contributed by atoms with Crippen LogP contribution in [-0.4, -0.2) is 67.2 Å². The zero-order valence-electron chi connectivity index (χ0n) is 21.9. The first-order valence-corrected chi connectivity index (χ1v) is 14.1. The number of hydrogen-bond acceptors (Lipinski definition) is 10. The summed E-state index contributed by atoms with van der Waals surface area (Å²) in [6, 6.07) is -0.587. The minimum Gasteiger partial charge on any atom is -0.476 e. The number of imidazole rings is 1. The number of carbonyl (C=O) groups is 1. The third-order valence-electron chi connectivity index (χ3n) is 5.85. The lowest BCUT2D eigenvalue weighted by atomic mass is 10.1. The normalized spacial score (nSPS) is 24.5. The van der Waals surface area contributed by atoms with Crippen LogP contribution in [0.15, 0.2) is 6.33 Å². The Balaban J connectivity index is 1.68. The van der Waals surface area contributed by atoms with Crippen molar-refractivity contribution in [2.24, 2.45) is 11.8 Å². The molecule has 15 heteroatoms. The Morgan fingerprint density at radius 2 is 2.11 bits per heavy atom. The van der Waals surface area contributed by atoms with Crippen molar-refractivity contribution in [2.45, 2.75) is 71.2 Å². The molecule has 1 fully saturated rings. The van der Waals surface area contributed by atoms with E-state index in [-0.39, 0.29) is 42.8 Å². The summed E-state index contributed by atoms with van der Waals surface area (Å²) in [5, 5.41) is 2.58. The lowest BCUT2D eigenvalue weighted by Crippen LogP contribution is -2.38. The molecule has 0 amide bonds. The minimum atomic E-state index is -4.26. The summed E-state index contributed by atoms with van der Waals surface area (Å²) in [4.78, 5) is 34.0. The van der Waals surface area contributed by atoms with E-state index in [9.17, 15) is 14.3 Å². The number of aromatic nitrogens is 4. The Labute approximate surface area is 221 Å². The van der Waals surface area contributed by atoms with Gasteiger partial charge in [-0.1, -0.05) is 27.7 Å². The van der Waals surface area contributed by atoms with Gasteiger partial charge in [0.25, 0.3) is 0 Å². The molecule has 1 saturated heterocycles. The van der Waals surface area contributed by atoms with Gasteiger partial charge in [-0.25, -0.2) is 14.6 Å². The van der Waals surface area contributed by atoms with Crippen LogP contribution < -0.4 is 15.6 Å². The highest BCUT2D eigenvalue weighted by Crippen LogP contribution is 2.46. The Morgan fingerprint density at radius 3 is 2.73 bits per heavy atom. The third-order valence-corrected chi connectivity index (χ3v) is 7.35. The van der Waals surface area contributed by atoms with Gasteiger partial charge in [0.2, 0.25) is 11.8 Å². The number of nitrogens with zero attached hydrogens (tertiary/aromatic N) is 4. The molecule has 5 atom stereocenters. The highest BCUT2D eigenvalue weighted by atomic mass is 35.5. The number of hydrogen-bond donors (Lipinski definition) is 3. The predicted molar refractivity (Wildman–Crippen MR) is 137 cm³/mol. The summed E-state index contributed by atoms with van der Waals surface area (Å²) in [6.45, 7) is 10.8. The minimum absolute atomic E-state index is 0.0120. The van der Waals surface area contributed by atoms with Gasteiger partial charge in [-0.05, 0) is 26.2 Å². The summed E-state index contributed by atoms with van der Waals surface area (Å²) in [6.07, 6.45) is 0.507. The molecule has 0 aromatic carbocycles. The number of fused-ring (bicyclic) bond motifs is 1. The quantitative estimate of drug-likeness (QED) is 0.196. The number of nitrogens with one attached hydrogen (secondary N) is 1. The molecule has 13 nitrogen and oxygen atoms in total. The fourth-order valence-corrected chi connectivity index (χ4v) is 5.40. The van der Waals surface area contributed by atoms with Crippen molar-refractivity contribution >= 4 is 42.4 Å². The van der Waals surface area contributed by atoms with E-state index in [1.54, 1.807) is 25.3 Å². The second kappa shape index (κ2) is 11.8. The third kappa shape index (κ3) is 7.30. The Bertz CT molecular complexity index is 1140. The largest absolute Gasteiger partial charge is 0.476 e. The monoisotopic (exact) mass is 562 g/mol. The number of nitrogens with two attached hydrogens (primary N) is 1. The van der Waals surface area contributed by atoms with Gasteiger partial charge in [0.1, 0.15) is 6.61 Å². The number of anilines is 1. The van der Waals surface area contributed by atoms with Gasteiger partial charge in [0.15, 0.2) is 17.4 Å². The van der Waals surface area contributed by atoms with E-state index < -0.39 is 31.0 Å². The molecule has 0 spiro atoms. The van der Waals surface area contributed by atoms with E-state index in [0.717, 1.165) is 0 Å². The second-order valence-electron chi connectivity index (χ2n) is 9.82. The number of alkyl halides is 1. The van der Waals surface area contributed by atoms with Crippen LogP contribution in [0.1, 0.15) is 54.2 Å². The molecule has 1 aliphatic heterocycles. The molecule has 0 aliphatic carbocycles. The molecular weight excluding hydrogens is 527 g/mol. The van der Waals surface area contributed by atoms with Gasteiger partial charge in [-0.3, -0.25) is 13.9 Å². The van der Waals surface area contributed by atoms with Crippen LogP contribution in [0.2, 0.25) is 0 Å². The fraction of sp³-hybridized carbons (Fsp3) is 0.727. The van der Waals surface area contributed by atoms with Crippen molar-refractivity contribution in [1.29, 1.82) is 0 Å². The smallest absolute Gasteiger partial charge is 0.403 e. The van der Waals surface area contributed by atoms with Crippen LogP contribution in [0.25, 0.3) is 11.2 Å². The van der Waals surface area contributed by atoms with E-state index in [4.69, 9.17) is 36.1 Å². The van der Waals surface area contributed by atoms with Crippen LogP contribution in [0, 0.1) is 11.8 Å². The van der Waals surface area contributed by atoms with Gasteiger partial charge >= 0.3 is 13.7 Å². The maximum atomic E-state index is 12.8. The molecule has 208 valence electrons. The van der Waals surface area contributed by atoms with E-state index in [0.29, 0.717) is 24.2 Å². The first-order chi connectivity index (χ1) is 17.2. The van der Waals surface area contributed by atoms with Gasteiger partial charge in [-0.15, -0.1) is 11.6 Å². The SMILES string of the molecule is CCOc1nc(N)nc2c1ncn2[C@@H]1O[C@H](COP(=O)(O)N[C@H](COC(=O)C(C)C)C(C)C)C[C@@]1(C)Cl. The number of esters is 1. The molecule has 3 heterocycles. The van der Waals surface area contributed by atoms with E-state index in [1.165, 1.54) is 6.33 Å². The maximum Gasteiger partial charge on any atom is 0.403 e. The second-order valence-corrected chi connectivity index (χ2v) is 12.2. The summed E-state index contributed by atoms with van der Waals surface area (Å²) >= 11 is 6.80. The van der Waals surface area contributed by atoms with Crippen LogP contribution in [-0.2, 0) is 23.4 Å². The van der Waals surface area contributed by atoms with Crippen molar-refractivity contribution < 1.29 is 33.0 Å². The molecule has 37 heavy (non-hydrogen) atoms. The average molecular weight is 563 g/mol. The number of rotatable bonds is 12. The Kier molecular flexibility index (Phi) is 9.41. The summed E-state index contributed by atoms with van der Waals surface area (Å²) < 4.78 is 36.6. The van der Waals surface area contributed by atoms with Gasteiger partial charge in [0.05, 0.1) is 42.5 Å². The summed E-state index contributed by atoms with van der Waals surface area (Å²) in [7, 11) is -4.26. The average Bonchev–Trinajstić information content (AvgIpc) is 3.34. The lowest BCUT2D eigenvalue weighted by Gasteiger charge is -2.25. The molecular formula is C22H36ClN6O7P.